The van der Waals surface area contributed by atoms with E-state index in [4.69, 9.17) is 5.73 Å². The van der Waals surface area contributed by atoms with Gasteiger partial charge in [-0.05, 0) is 30.4 Å². The molecule has 0 spiro atoms. The van der Waals surface area contributed by atoms with Crippen molar-refractivity contribution in [2.75, 3.05) is 11.1 Å². The highest BCUT2D eigenvalue weighted by Crippen LogP contribution is 2.38. The van der Waals surface area contributed by atoms with Crippen molar-refractivity contribution in [3.05, 3.63) is 51.9 Å². The summed E-state index contributed by atoms with van der Waals surface area (Å²) < 4.78 is 24.4. The van der Waals surface area contributed by atoms with Gasteiger partial charge in [0.2, 0.25) is 5.91 Å². The molecular weight excluding hydrogens is 360 g/mol. The van der Waals surface area contributed by atoms with Gasteiger partial charge in [0, 0.05) is 4.88 Å². The summed E-state index contributed by atoms with van der Waals surface area (Å²) in [4.78, 5) is 24.9. The molecule has 1 aromatic heterocycles. The van der Waals surface area contributed by atoms with Crippen molar-refractivity contribution >= 4 is 38.0 Å². The van der Waals surface area contributed by atoms with E-state index in [0.29, 0.717) is 16.1 Å². The van der Waals surface area contributed by atoms with Crippen LogP contribution in [0.3, 0.4) is 0 Å². The highest BCUT2D eigenvalue weighted by molar-refractivity contribution is 7.91. The standard InChI is InChI=1S/C17H18N2O4S2/c18-16(21)15-12-7-4-8-13(12)24-17(15)19-14(20)10-25(22,23)9-11-5-2-1-3-6-11/h1-3,5-6H,4,7-10H2,(H2,18,21)(H,19,20). The van der Waals surface area contributed by atoms with Gasteiger partial charge in [-0.1, -0.05) is 30.3 Å². The van der Waals surface area contributed by atoms with E-state index in [1.807, 2.05) is 0 Å². The minimum atomic E-state index is -3.61. The molecule has 0 unspecified atom stereocenters. The zero-order valence-corrected chi connectivity index (χ0v) is 15.1. The number of sulfone groups is 1. The number of benzene rings is 1. The molecule has 6 nitrogen and oxygen atoms in total. The van der Waals surface area contributed by atoms with E-state index in [1.165, 1.54) is 11.3 Å². The number of thiophene rings is 1. The van der Waals surface area contributed by atoms with E-state index in [0.717, 1.165) is 29.7 Å². The average molecular weight is 378 g/mol. The van der Waals surface area contributed by atoms with Gasteiger partial charge in [-0.15, -0.1) is 11.3 Å². The Morgan fingerprint density at radius 2 is 1.88 bits per heavy atom. The Morgan fingerprint density at radius 3 is 2.56 bits per heavy atom. The highest BCUT2D eigenvalue weighted by atomic mass is 32.2. The van der Waals surface area contributed by atoms with Gasteiger partial charge in [0.05, 0.1) is 11.3 Å². The van der Waals surface area contributed by atoms with Crippen LogP contribution in [0, 0.1) is 0 Å². The summed E-state index contributed by atoms with van der Waals surface area (Å²) in [6, 6.07) is 8.69. The Labute approximate surface area is 150 Å². The number of amides is 2. The maximum Gasteiger partial charge on any atom is 0.251 e. The molecular formula is C17H18N2O4S2. The number of nitrogens with two attached hydrogens (primary N) is 1. The second kappa shape index (κ2) is 6.97. The number of hydrogen-bond acceptors (Lipinski definition) is 5. The Balaban J connectivity index is 1.72. The lowest BCUT2D eigenvalue weighted by atomic mass is 10.1. The molecule has 0 radical (unpaired) electrons. The lowest BCUT2D eigenvalue weighted by Crippen LogP contribution is -2.25. The van der Waals surface area contributed by atoms with Crippen molar-refractivity contribution in [3.8, 4) is 0 Å². The molecule has 1 heterocycles. The zero-order chi connectivity index (χ0) is 18.0. The Hall–Kier alpha value is -2.19. The largest absolute Gasteiger partial charge is 0.365 e. The van der Waals surface area contributed by atoms with Crippen LogP contribution in [0.2, 0.25) is 0 Å². The lowest BCUT2D eigenvalue weighted by molar-refractivity contribution is -0.113. The van der Waals surface area contributed by atoms with Crippen LogP contribution in [0.5, 0.6) is 0 Å². The van der Waals surface area contributed by atoms with E-state index in [1.54, 1.807) is 30.3 Å². The fraction of sp³-hybridized carbons (Fsp3) is 0.294. The van der Waals surface area contributed by atoms with Crippen LogP contribution in [0.4, 0.5) is 5.00 Å². The number of nitrogens with one attached hydrogen (secondary N) is 1. The van der Waals surface area contributed by atoms with Gasteiger partial charge in [-0.25, -0.2) is 8.42 Å². The molecule has 8 heteroatoms. The average Bonchev–Trinajstić information content (AvgIpc) is 3.06. The number of carbonyl (C=O) groups excluding carboxylic acids is 2. The summed E-state index contributed by atoms with van der Waals surface area (Å²) in [6.07, 6.45) is 2.57. The van der Waals surface area contributed by atoms with Crippen LogP contribution in [0.1, 0.15) is 32.8 Å². The smallest absolute Gasteiger partial charge is 0.251 e. The Bertz CT molecular complexity index is 918. The van der Waals surface area contributed by atoms with Gasteiger partial charge < -0.3 is 11.1 Å². The third-order valence-corrected chi connectivity index (χ3v) is 6.68. The fourth-order valence-electron chi connectivity index (χ4n) is 2.99. The molecule has 0 saturated carbocycles. The molecule has 3 N–H and O–H groups in total. The summed E-state index contributed by atoms with van der Waals surface area (Å²) in [5, 5.41) is 2.92. The van der Waals surface area contributed by atoms with Gasteiger partial charge >= 0.3 is 0 Å². The van der Waals surface area contributed by atoms with Crippen molar-refractivity contribution in [1.29, 1.82) is 0 Å². The number of hydrogen-bond donors (Lipinski definition) is 2. The van der Waals surface area contributed by atoms with E-state index in [2.05, 4.69) is 5.32 Å². The first-order chi connectivity index (χ1) is 11.9. The van der Waals surface area contributed by atoms with Gasteiger partial charge in [-0.3, -0.25) is 9.59 Å². The van der Waals surface area contributed by atoms with Crippen molar-refractivity contribution in [2.24, 2.45) is 5.73 Å². The maximum atomic E-state index is 12.2. The molecule has 1 aliphatic carbocycles. The number of primary amides is 1. The molecule has 25 heavy (non-hydrogen) atoms. The quantitative estimate of drug-likeness (QED) is 0.800. The predicted molar refractivity (Wildman–Crippen MR) is 97.4 cm³/mol. The molecule has 1 aromatic carbocycles. The first kappa shape index (κ1) is 17.6. The fourth-order valence-corrected chi connectivity index (χ4v) is 5.58. The molecule has 132 valence electrons. The number of rotatable bonds is 6. The van der Waals surface area contributed by atoms with Crippen LogP contribution in [0.25, 0.3) is 0 Å². The normalized spacial score (nSPS) is 13.4. The van der Waals surface area contributed by atoms with Gasteiger partial charge in [-0.2, -0.15) is 0 Å². The van der Waals surface area contributed by atoms with E-state index in [9.17, 15) is 18.0 Å². The Morgan fingerprint density at radius 1 is 1.16 bits per heavy atom. The minimum absolute atomic E-state index is 0.203. The lowest BCUT2D eigenvalue weighted by Gasteiger charge is -2.07. The van der Waals surface area contributed by atoms with Crippen molar-refractivity contribution in [3.63, 3.8) is 0 Å². The number of anilines is 1. The third kappa shape index (κ3) is 4.08. The van der Waals surface area contributed by atoms with Crippen LogP contribution in [-0.2, 0) is 33.2 Å². The summed E-state index contributed by atoms with van der Waals surface area (Å²) in [7, 11) is -3.61. The van der Waals surface area contributed by atoms with Crippen molar-refractivity contribution in [1.82, 2.24) is 0 Å². The molecule has 0 atom stereocenters. The van der Waals surface area contributed by atoms with Crippen molar-refractivity contribution in [2.45, 2.75) is 25.0 Å². The molecule has 0 saturated heterocycles. The zero-order valence-electron chi connectivity index (χ0n) is 13.4. The summed E-state index contributed by atoms with van der Waals surface area (Å²) in [5.41, 5.74) is 7.28. The minimum Gasteiger partial charge on any atom is -0.365 e. The number of carbonyl (C=O) groups is 2. The van der Waals surface area contributed by atoms with E-state index in [-0.39, 0.29) is 5.75 Å². The van der Waals surface area contributed by atoms with E-state index < -0.39 is 27.4 Å². The first-order valence-corrected chi connectivity index (χ1v) is 10.5. The van der Waals surface area contributed by atoms with Gasteiger partial charge in [0.1, 0.15) is 10.8 Å². The first-order valence-electron chi connectivity index (χ1n) is 7.84. The second-order valence-electron chi connectivity index (χ2n) is 5.99. The Kier molecular flexibility index (Phi) is 4.91. The van der Waals surface area contributed by atoms with Crippen LogP contribution < -0.4 is 11.1 Å². The third-order valence-electron chi connectivity index (χ3n) is 4.00. The molecule has 0 fully saturated rings. The molecule has 0 bridgehead atoms. The molecule has 2 amide bonds. The molecule has 0 aliphatic heterocycles. The maximum absolute atomic E-state index is 12.2. The molecule has 3 rings (SSSR count). The summed E-state index contributed by atoms with van der Waals surface area (Å²) in [5.74, 6) is -2.09. The monoisotopic (exact) mass is 378 g/mol. The molecule has 2 aromatic rings. The van der Waals surface area contributed by atoms with Crippen molar-refractivity contribution < 1.29 is 18.0 Å². The summed E-state index contributed by atoms with van der Waals surface area (Å²) >= 11 is 1.31. The van der Waals surface area contributed by atoms with Crippen LogP contribution in [-0.4, -0.2) is 26.0 Å². The summed E-state index contributed by atoms with van der Waals surface area (Å²) in [6.45, 7) is 0. The second-order valence-corrected chi connectivity index (χ2v) is 9.16. The number of aryl methyl sites for hydroxylation is 1. The number of fused-ring (bicyclic) bond motifs is 1. The van der Waals surface area contributed by atoms with Crippen LogP contribution >= 0.6 is 11.3 Å². The van der Waals surface area contributed by atoms with Gasteiger partial charge in [0.15, 0.2) is 9.84 Å². The van der Waals surface area contributed by atoms with Crippen LogP contribution in [0.15, 0.2) is 30.3 Å². The topological polar surface area (TPSA) is 106 Å². The van der Waals surface area contributed by atoms with Gasteiger partial charge in [0.25, 0.3) is 5.91 Å². The molecule has 1 aliphatic rings. The SMILES string of the molecule is NC(=O)c1c(NC(=O)CS(=O)(=O)Cc2ccccc2)sc2c1CCC2. The van der Waals surface area contributed by atoms with E-state index >= 15 is 0 Å². The highest BCUT2D eigenvalue weighted by Gasteiger charge is 2.27. The predicted octanol–water partition coefficient (Wildman–Crippen LogP) is 1.89.